The molecule has 6 nitrogen and oxygen atoms in total. The number of carbonyl (C=O) groups excluding carboxylic acids is 1. The maximum Gasteiger partial charge on any atom is 0.416 e. The predicted octanol–water partition coefficient (Wildman–Crippen LogP) is 3.11. The fourth-order valence-electron chi connectivity index (χ4n) is 3.22. The van der Waals surface area contributed by atoms with Gasteiger partial charge in [0.15, 0.2) is 5.11 Å². The largest absolute Gasteiger partial charge is 0.416 e. The number of amides is 1. The smallest absolute Gasteiger partial charge is 0.375 e. The molecule has 0 bridgehead atoms. The van der Waals surface area contributed by atoms with Gasteiger partial charge in [-0.2, -0.15) is 18.3 Å². The zero-order valence-corrected chi connectivity index (χ0v) is 17.3. The molecule has 1 saturated heterocycles. The molecular weight excluding hydrogens is 453 g/mol. The van der Waals surface area contributed by atoms with Crippen LogP contribution in [0.25, 0.3) is 0 Å². The topological polar surface area (TPSA) is 74.0 Å². The molecule has 0 spiro atoms. The second-order valence-corrected chi connectivity index (χ2v) is 7.36. The normalized spacial score (nSPS) is 14.7. The van der Waals surface area contributed by atoms with Crippen molar-refractivity contribution in [3.05, 3.63) is 64.7 Å². The molecule has 0 atom stereocenters. The highest BCUT2D eigenvalue weighted by atomic mass is 32.1. The minimum atomic E-state index is -4.56. The van der Waals surface area contributed by atoms with Gasteiger partial charge in [-0.15, -0.1) is 0 Å². The van der Waals surface area contributed by atoms with Gasteiger partial charge in [0.1, 0.15) is 11.6 Å². The summed E-state index contributed by atoms with van der Waals surface area (Å²) in [6.45, 7) is 0.628. The van der Waals surface area contributed by atoms with Crippen LogP contribution in [0.2, 0.25) is 0 Å². The summed E-state index contributed by atoms with van der Waals surface area (Å²) in [5.41, 5.74) is 6.33. The number of hydrazone groups is 1. The molecule has 0 radical (unpaired) electrons. The number of benzene rings is 2. The van der Waals surface area contributed by atoms with Crippen molar-refractivity contribution in [3.63, 3.8) is 0 Å². The first-order valence-electron chi connectivity index (χ1n) is 9.35. The van der Waals surface area contributed by atoms with E-state index in [4.69, 9.17) is 5.73 Å². The van der Waals surface area contributed by atoms with Crippen LogP contribution in [0.3, 0.4) is 0 Å². The number of thiocarbonyl (C=S) groups is 1. The number of alkyl halides is 3. The lowest BCUT2D eigenvalue weighted by molar-refractivity contribution is -0.137. The molecule has 1 heterocycles. The minimum absolute atomic E-state index is 0.00752. The van der Waals surface area contributed by atoms with E-state index in [1.54, 1.807) is 4.90 Å². The second kappa shape index (κ2) is 9.47. The highest BCUT2D eigenvalue weighted by Gasteiger charge is 2.32. The van der Waals surface area contributed by atoms with Gasteiger partial charge in [0, 0.05) is 43.4 Å². The van der Waals surface area contributed by atoms with Crippen molar-refractivity contribution in [1.29, 1.82) is 0 Å². The van der Waals surface area contributed by atoms with E-state index < -0.39 is 29.3 Å². The number of nitrogens with two attached hydrogens (primary N) is 1. The van der Waals surface area contributed by atoms with Crippen molar-refractivity contribution in [2.75, 3.05) is 31.1 Å². The summed E-state index contributed by atoms with van der Waals surface area (Å²) in [5, 5.41) is 3.46. The summed E-state index contributed by atoms with van der Waals surface area (Å²) in [5.74, 6) is -1.97. The van der Waals surface area contributed by atoms with Crippen molar-refractivity contribution < 1.29 is 26.7 Å². The first-order valence-corrected chi connectivity index (χ1v) is 9.76. The first kappa shape index (κ1) is 23.4. The van der Waals surface area contributed by atoms with Crippen LogP contribution < -0.4 is 16.1 Å². The Kier molecular flexibility index (Phi) is 6.92. The Labute approximate surface area is 185 Å². The SMILES string of the molecule is NC(=S)N/N=C/c1cc(F)c(N2CCN(C(=O)c3cccc(C(F)(F)F)c3)CC2)cc1F. The van der Waals surface area contributed by atoms with Gasteiger partial charge in [0.2, 0.25) is 0 Å². The van der Waals surface area contributed by atoms with E-state index >= 15 is 0 Å². The molecule has 2 aromatic rings. The Morgan fingerprint density at radius 1 is 1.09 bits per heavy atom. The van der Waals surface area contributed by atoms with Gasteiger partial charge in [-0.3, -0.25) is 10.2 Å². The number of rotatable bonds is 4. The third-order valence-electron chi connectivity index (χ3n) is 4.79. The number of hydrogen-bond acceptors (Lipinski definition) is 4. The molecule has 2 aromatic carbocycles. The van der Waals surface area contributed by atoms with Gasteiger partial charge in [-0.05, 0) is 36.5 Å². The van der Waals surface area contributed by atoms with E-state index in [1.807, 2.05) is 0 Å². The summed E-state index contributed by atoms with van der Waals surface area (Å²) < 4.78 is 67.6. The van der Waals surface area contributed by atoms with Crippen LogP contribution in [-0.2, 0) is 6.18 Å². The number of nitrogens with zero attached hydrogens (tertiary/aromatic N) is 3. The second-order valence-electron chi connectivity index (χ2n) is 6.92. The summed E-state index contributed by atoms with van der Waals surface area (Å²) in [4.78, 5) is 15.5. The van der Waals surface area contributed by atoms with Gasteiger partial charge in [0.25, 0.3) is 5.91 Å². The molecular formula is C20H18F5N5OS. The van der Waals surface area contributed by atoms with Crippen molar-refractivity contribution in [2.45, 2.75) is 6.18 Å². The third-order valence-corrected chi connectivity index (χ3v) is 4.88. The highest BCUT2D eigenvalue weighted by Crippen LogP contribution is 2.30. The minimum Gasteiger partial charge on any atom is -0.375 e. The predicted molar refractivity (Wildman–Crippen MR) is 113 cm³/mol. The molecule has 1 amide bonds. The zero-order chi connectivity index (χ0) is 23.5. The number of hydrogen-bond donors (Lipinski definition) is 2. The van der Waals surface area contributed by atoms with Crippen LogP contribution in [0, 0.1) is 11.6 Å². The van der Waals surface area contributed by atoms with Crippen LogP contribution in [0.15, 0.2) is 41.5 Å². The van der Waals surface area contributed by atoms with Gasteiger partial charge >= 0.3 is 6.18 Å². The van der Waals surface area contributed by atoms with Crippen molar-refractivity contribution in [1.82, 2.24) is 10.3 Å². The van der Waals surface area contributed by atoms with Gasteiger partial charge in [-0.1, -0.05) is 6.07 Å². The van der Waals surface area contributed by atoms with Crippen LogP contribution in [0.4, 0.5) is 27.6 Å². The lowest BCUT2D eigenvalue weighted by Gasteiger charge is -2.36. The molecule has 170 valence electrons. The lowest BCUT2D eigenvalue weighted by Crippen LogP contribution is -2.49. The molecule has 0 unspecified atom stereocenters. The lowest BCUT2D eigenvalue weighted by atomic mass is 10.1. The van der Waals surface area contributed by atoms with E-state index in [1.165, 1.54) is 17.0 Å². The van der Waals surface area contributed by atoms with Crippen LogP contribution in [-0.4, -0.2) is 48.3 Å². The van der Waals surface area contributed by atoms with Crippen molar-refractivity contribution in [2.24, 2.45) is 10.8 Å². The molecule has 1 aliphatic heterocycles. The quantitative estimate of drug-likeness (QED) is 0.310. The summed E-state index contributed by atoms with van der Waals surface area (Å²) in [6.07, 6.45) is -3.52. The van der Waals surface area contributed by atoms with Crippen molar-refractivity contribution >= 4 is 35.1 Å². The third kappa shape index (κ3) is 5.49. The van der Waals surface area contributed by atoms with E-state index in [9.17, 15) is 26.7 Å². The summed E-state index contributed by atoms with van der Waals surface area (Å²) in [7, 11) is 0. The maximum atomic E-state index is 14.5. The van der Waals surface area contributed by atoms with Crippen molar-refractivity contribution in [3.8, 4) is 0 Å². The maximum absolute atomic E-state index is 14.5. The average molecular weight is 471 g/mol. The van der Waals surface area contributed by atoms with Gasteiger partial charge in [-0.25, -0.2) is 8.78 Å². The van der Waals surface area contributed by atoms with E-state index in [0.29, 0.717) is 0 Å². The molecule has 1 aliphatic rings. The number of nitrogens with one attached hydrogen (secondary N) is 1. The van der Waals surface area contributed by atoms with E-state index in [2.05, 4.69) is 22.7 Å². The zero-order valence-electron chi connectivity index (χ0n) is 16.5. The Bertz CT molecular complexity index is 1050. The molecule has 0 aromatic heterocycles. The summed E-state index contributed by atoms with van der Waals surface area (Å²) in [6, 6.07) is 6.16. The molecule has 1 fully saturated rings. The summed E-state index contributed by atoms with van der Waals surface area (Å²) >= 11 is 4.56. The first-order chi connectivity index (χ1) is 15.1. The average Bonchev–Trinajstić information content (AvgIpc) is 2.75. The monoisotopic (exact) mass is 471 g/mol. The van der Waals surface area contributed by atoms with Crippen LogP contribution >= 0.6 is 12.2 Å². The molecule has 3 N–H and O–H groups in total. The molecule has 32 heavy (non-hydrogen) atoms. The molecule has 12 heteroatoms. The van der Waals surface area contributed by atoms with Crippen LogP contribution in [0.5, 0.6) is 0 Å². The number of carbonyl (C=O) groups is 1. The fraction of sp³-hybridized carbons (Fsp3) is 0.250. The van der Waals surface area contributed by atoms with E-state index in [-0.39, 0.29) is 48.1 Å². The Morgan fingerprint density at radius 2 is 1.78 bits per heavy atom. The highest BCUT2D eigenvalue weighted by molar-refractivity contribution is 7.80. The fourth-order valence-corrected chi connectivity index (χ4v) is 3.27. The Balaban J connectivity index is 1.68. The Hall–Kier alpha value is -3.28. The van der Waals surface area contributed by atoms with Crippen LogP contribution in [0.1, 0.15) is 21.5 Å². The number of anilines is 1. The molecule has 0 aliphatic carbocycles. The standard InChI is InChI=1S/C20H18F5N5OS/c21-15-10-17(16(22)9-13(15)11-27-28-19(26)32)29-4-6-30(7-5-29)18(31)12-2-1-3-14(8-12)20(23,24)25/h1-3,8-11H,4-7H2,(H3,26,28,32)/b27-11+. The van der Waals surface area contributed by atoms with Gasteiger partial charge < -0.3 is 15.5 Å². The van der Waals surface area contributed by atoms with Gasteiger partial charge in [0.05, 0.1) is 17.5 Å². The number of halogens is 5. The van der Waals surface area contributed by atoms with E-state index in [0.717, 1.165) is 30.5 Å². The molecule has 3 rings (SSSR count). The Morgan fingerprint density at radius 3 is 2.41 bits per heavy atom. The number of piperazine rings is 1. The molecule has 0 saturated carbocycles.